The number of imidazole rings is 1. The second-order valence-electron chi connectivity index (χ2n) is 7.66. The predicted octanol–water partition coefficient (Wildman–Crippen LogP) is 3.51. The molecule has 1 fully saturated rings. The van der Waals surface area contributed by atoms with Crippen molar-refractivity contribution in [2.45, 2.75) is 32.4 Å². The number of nitrogens with zero attached hydrogens (tertiary/aromatic N) is 3. The minimum atomic E-state index is -0.154. The summed E-state index contributed by atoms with van der Waals surface area (Å²) in [5.74, 6) is 2.54. The molecule has 3 heterocycles. The molecule has 0 saturated carbocycles. The number of fused-ring (bicyclic) bond motifs is 1. The van der Waals surface area contributed by atoms with E-state index >= 15 is 0 Å². The number of rotatable bonds is 5. The maximum absolute atomic E-state index is 13.0. The summed E-state index contributed by atoms with van der Waals surface area (Å²) in [7, 11) is 0. The molecule has 1 aromatic heterocycles. The quantitative estimate of drug-likeness (QED) is 0.705. The summed E-state index contributed by atoms with van der Waals surface area (Å²) in [6, 6.07) is 13.6. The van der Waals surface area contributed by atoms with E-state index in [1.54, 1.807) is 6.20 Å². The van der Waals surface area contributed by atoms with Gasteiger partial charge in [0.15, 0.2) is 11.5 Å². The van der Waals surface area contributed by atoms with Crippen LogP contribution in [0.4, 0.5) is 5.69 Å². The van der Waals surface area contributed by atoms with Gasteiger partial charge in [-0.2, -0.15) is 0 Å². The van der Waals surface area contributed by atoms with Crippen LogP contribution in [0.2, 0.25) is 0 Å². The van der Waals surface area contributed by atoms with Crippen molar-refractivity contribution in [2.24, 2.45) is 0 Å². The van der Waals surface area contributed by atoms with Crippen LogP contribution in [0.3, 0.4) is 0 Å². The van der Waals surface area contributed by atoms with E-state index in [1.165, 1.54) is 0 Å². The number of benzene rings is 2. The Bertz CT molecular complexity index is 1060. The second-order valence-corrected chi connectivity index (χ2v) is 7.66. The number of anilines is 1. The summed E-state index contributed by atoms with van der Waals surface area (Å²) >= 11 is 0. The first kappa shape index (κ1) is 18.7. The molecule has 3 aromatic rings. The van der Waals surface area contributed by atoms with Crippen molar-refractivity contribution in [3.63, 3.8) is 0 Å². The number of aryl methyl sites for hydroxylation is 1. The summed E-state index contributed by atoms with van der Waals surface area (Å²) in [4.78, 5) is 19.5. The van der Waals surface area contributed by atoms with E-state index in [0.29, 0.717) is 6.54 Å². The van der Waals surface area contributed by atoms with E-state index in [4.69, 9.17) is 9.47 Å². The van der Waals surface area contributed by atoms with Gasteiger partial charge in [-0.1, -0.05) is 12.1 Å². The van der Waals surface area contributed by atoms with Gasteiger partial charge in [0, 0.05) is 35.9 Å². The average molecular weight is 404 g/mol. The molecule has 5 rings (SSSR count). The molecule has 1 atom stereocenters. The van der Waals surface area contributed by atoms with Crippen molar-refractivity contribution in [2.75, 3.05) is 18.7 Å². The molecule has 2 aliphatic heterocycles. The zero-order chi connectivity index (χ0) is 20.5. The number of carbonyl (C=O) groups is 1. The highest BCUT2D eigenvalue weighted by Crippen LogP contribution is 2.37. The third-order valence-corrected chi connectivity index (χ3v) is 5.76. The van der Waals surface area contributed by atoms with E-state index in [-0.39, 0.29) is 18.7 Å². The molecule has 1 amide bonds. The number of hydrogen-bond donors (Lipinski definition) is 1. The SMILES string of the molecule is Cc1nccn1-c1ccc(NC(=O)C2CCCN2Cc2cccc3c2OCO3)cc1. The van der Waals surface area contributed by atoms with Crippen molar-refractivity contribution in [1.82, 2.24) is 14.5 Å². The molecule has 1 unspecified atom stereocenters. The van der Waals surface area contributed by atoms with Gasteiger partial charge in [0.25, 0.3) is 0 Å². The highest BCUT2D eigenvalue weighted by atomic mass is 16.7. The van der Waals surface area contributed by atoms with E-state index in [0.717, 1.165) is 53.6 Å². The number of ether oxygens (including phenoxy) is 2. The maximum atomic E-state index is 13.0. The Balaban J connectivity index is 1.27. The van der Waals surface area contributed by atoms with Crippen molar-refractivity contribution in [1.29, 1.82) is 0 Å². The molecule has 0 radical (unpaired) electrons. The largest absolute Gasteiger partial charge is 0.454 e. The lowest BCUT2D eigenvalue weighted by molar-refractivity contribution is -0.120. The number of para-hydroxylation sites is 1. The van der Waals surface area contributed by atoms with Crippen LogP contribution in [0.1, 0.15) is 24.2 Å². The minimum absolute atomic E-state index is 0.0313. The Morgan fingerprint density at radius 2 is 2.07 bits per heavy atom. The first-order valence-electron chi connectivity index (χ1n) is 10.2. The highest BCUT2D eigenvalue weighted by Gasteiger charge is 2.32. The summed E-state index contributed by atoms with van der Waals surface area (Å²) in [6.07, 6.45) is 5.56. The van der Waals surface area contributed by atoms with Crippen LogP contribution in [-0.2, 0) is 11.3 Å². The van der Waals surface area contributed by atoms with Gasteiger partial charge in [0.2, 0.25) is 12.7 Å². The smallest absolute Gasteiger partial charge is 0.241 e. The lowest BCUT2D eigenvalue weighted by Crippen LogP contribution is -2.39. The first-order chi connectivity index (χ1) is 14.7. The van der Waals surface area contributed by atoms with E-state index < -0.39 is 0 Å². The van der Waals surface area contributed by atoms with Gasteiger partial charge in [0.1, 0.15) is 5.82 Å². The normalized spacial score (nSPS) is 18.0. The van der Waals surface area contributed by atoms with Crippen molar-refractivity contribution in [3.8, 4) is 17.2 Å². The molecule has 2 aromatic carbocycles. The lowest BCUT2D eigenvalue weighted by atomic mass is 10.1. The van der Waals surface area contributed by atoms with Crippen molar-refractivity contribution in [3.05, 3.63) is 66.2 Å². The second kappa shape index (κ2) is 7.84. The van der Waals surface area contributed by atoms with Gasteiger partial charge >= 0.3 is 0 Å². The predicted molar refractivity (Wildman–Crippen MR) is 113 cm³/mol. The molecule has 0 bridgehead atoms. The Labute approximate surface area is 175 Å². The summed E-state index contributed by atoms with van der Waals surface area (Å²) in [5, 5.41) is 3.08. The average Bonchev–Trinajstić information content (AvgIpc) is 3.49. The van der Waals surface area contributed by atoms with Crippen LogP contribution in [-0.4, -0.2) is 39.7 Å². The number of amides is 1. The van der Waals surface area contributed by atoms with Gasteiger partial charge in [-0.25, -0.2) is 4.98 Å². The minimum Gasteiger partial charge on any atom is -0.454 e. The van der Waals surface area contributed by atoms with Crippen molar-refractivity contribution >= 4 is 11.6 Å². The Kier molecular flexibility index (Phi) is 4.88. The van der Waals surface area contributed by atoms with Crippen molar-refractivity contribution < 1.29 is 14.3 Å². The molecule has 7 nitrogen and oxygen atoms in total. The number of aromatic nitrogens is 2. The number of likely N-dealkylation sites (tertiary alicyclic amines) is 1. The Hall–Kier alpha value is -3.32. The van der Waals surface area contributed by atoms with Crippen LogP contribution in [0.25, 0.3) is 5.69 Å². The summed E-state index contributed by atoms with van der Waals surface area (Å²) in [5.41, 5.74) is 2.88. The van der Waals surface area contributed by atoms with Gasteiger partial charge in [-0.3, -0.25) is 9.69 Å². The Morgan fingerprint density at radius 3 is 2.87 bits per heavy atom. The third kappa shape index (κ3) is 3.52. The zero-order valence-electron chi connectivity index (χ0n) is 16.9. The third-order valence-electron chi connectivity index (χ3n) is 5.76. The van der Waals surface area contributed by atoms with Gasteiger partial charge in [0.05, 0.1) is 6.04 Å². The summed E-state index contributed by atoms with van der Waals surface area (Å²) in [6.45, 7) is 3.78. The molecule has 0 aliphatic carbocycles. The van der Waals surface area contributed by atoms with E-state index in [1.807, 2.05) is 60.2 Å². The maximum Gasteiger partial charge on any atom is 0.241 e. The fourth-order valence-corrected chi connectivity index (χ4v) is 4.23. The topological polar surface area (TPSA) is 68.6 Å². The summed E-state index contributed by atoms with van der Waals surface area (Å²) < 4.78 is 13.1. The van der Waals surface area contributed by atoms with Crippen LogP contribution >= 0.6 is 0 Å². The molecule has 0 spiro atoms. The van der Waals surface area contributed by atoms with Gasteiger partial charge in [-0.05, 0) is 56.6 Å². The standard InChI is InChI=1S/C23H24N4O3/c1-16-24-11-13-27(16)19-9-7-18(8-10-19)25-23(28)20-5-3-12-26(20)14-17-4-2-6-21-22(17)30-15-29-21/h2,4,6-11,13,20H,3,5,12,14-15H2,1H3,(H,25,28). The molecule has 30 heavy (non-hydrogen) atoms. The molecular weight excluding hydrogens is 380 g/mol. The zero-order valence-corrected chi connectivity index (χ0v) is 16.9. The van der Waals surface area contributed by atoms with E-state index in [2.05, 4.69) is 15.2 Å². The number of carbonyl (C=O) groups excluding carboxylic acids is 1. The number of nitrogens with one attached hydrogen (secondary N) is 1. The van der Waals surface area contributed by atoms with Gasteiger partial charge < -0.3 is 19.4 Å². The fraction of sp³-hybridized carbons (Fsp3) is 0.304. The number of hydrogen-bond acceptors (Lipinski definition) is 5. The molecule has 7 heteroatoms. The molecule has 2 aliphatic rings. The Morgan fingerprint density at radius 1 is 1.20 bits per heavy atom. The highest BCUT2D eigenvalue weighted by molar-refractivity contribution is 5.95. The molecule has 1 saturated heterocycles. The van der Waals surface area contributed by atoms with Crippen LogP contribution in [0, 0.1) is 6.92 Å². The van der Waals surface area contributed by atoms with Crippen LogP contribution < -0.4 is 14.8 Å². The van der Waals surface area contributed by atoms with Crippen LogP contribution in [0.5, 0.6) is 11.5 Å². The molecular formula is C23H24N4O3. The lowest BCUT2D eigenvalue weighted by Gasteiger charge is -2.24. The van der Waals surface area contributed by atoms with Crippen LogP contribution in [0.15, 0.2) is 54.9 Å². The fourth-order valence-electron chi connectivity index (χ4n) is 4.23. The molecule has 1 N–H and O–H groups in total. The van der Waals surface area contributed by atoms with Gasteiger partial charge in [-0.15, -0.1) is 0 Å². The monoisotopic (exact) mass is 404 g/mol. The first-order valence-corrected chi connectivity index (χ1v) is 10.2. The molecule has 154 valence electrons. The van der Waals surface area contributed by atoms with E-state index in [9.17, 15) is 4.79 Å².